The van der Waals surface area contributed by atoms with E-state index in [1.165, 1.54) is 0 Å². The average Bonchev–Trinajstić information content (AvgIpc) is 3.26. The summed E-state index contributed by atoms with van der Waals surface area (Å²) in [5.41, 5.74) is 2.26. The van der Waals surface area contributed by atoms with Crippen LogP contribution in [-0.2, 0) is 22.4 Å². The van der Waals surface area contributed by atoms with Gasteiger partial charge in [0.15, 0.2) is 5.82 Å². The van der Waals surface area contributed by atoms with E-state index in [1.807, 2.05) is 30.0 Å². The van der Waals surface area contributed by atoms with E-state index in [2.05, 4.69) is 25.4 Å². The van der Waals surface area contributed by atoms with E-state index in [0.29, 0.717) is 50.5 Å². The van der Waals surface area contributed by atoms with Crippen LogP contribution in [0.1, 0.15) is 44.3 Å². The summed E-state index contributed by atoms with van der Waals surface area (Å²) in [6, 6.07) is 5.51. The summed E-state index contributed by atoms with van der Waals surface area (Å²) in [6.45, 7) is 3.31. The fraction of sp³-hybridized carbons (Fsp3) is 0.455. The summed E-state index contributed by atoms with van der Waals surface area (Å²) >= 11 is 0. The first-order valence-electron chi connectivity index (χ1n) is 10.7. The third kappa shape index (κ3) is 5.42. The van der Waals surface area contributed by atoms with Gasteiger partial charge in [-0.15, -0.1) is 0 Å². The minimum atomic E-state index is -0.0175. The molecule has 1 N–H and O–H groups in total. The molecule has 1 aliphatic rings. The van der Waals surface area contributed by atoms with E-state index >= 15 is 0 Å². The zero-order valence-electron chi connectivity index (χ0n) is 17.6. The van der Waals surface area contributed by atoms with Crippen LogP contribution in [0.2, 0.25) is 0 Å². The first-order valence-corrected chi connectivity index (χ1v) is 10.7. The molecule has 3 aromatic rings. The number of nitrogens with one attached hydrogen (secondary N) is 1. The Hall–Kier alpha value is -3.36. The van der Waals surface area contributed by atoms with Crippen molar-refractivity contribution < 1.29 is 14.1 Å². The summed E-state index contributed by atoms with van der Waals surface area (Å²) in [5.74, 6) is 1.52. The Morgan fingerprint density at radius 3 is 2.68 bits per heavy atom. The van der Waals surface area contributed by atoms with Crippen molar-refractivity contribution in [1.82, 2.24) is 25.0 Å². The van der Waals surface area contributed by atoms with Gasteiger partial charge in [-0.05, 0) is 37.0 Å². The van der Waals surface area contributed by atoms with Crippen molar-refractivity contribution in [1.29, 1.82) is 0 Å². The Balaban J connectivity index is 1.21. The second-order valence-electron chi connectivity index (χ2n) is 7.79. The third-order valence-electron chi connectivity index (χ3n) is 5.57. The van der Waals surface area contributed by atoms with Crippen molar-refractivity contribution in [3.63, 3.8) is 0 Å². The van der Waals surface area contributed by atoms with E-state index in [1.54, 1.807) is 12.4 Å². The van der Waals surface area contributed by atoms with E-state index < -0.39 is 0 Å². The van der Waals surface area contributed by atoms with Gasteiger partial charge in [-0.3, -0.25) is 19.6 Å². The molecule has 162 valence electrons. The molecule has 2 aromatic heterocycles. The maximum atomic E-state index is 12.5. The van der Waals surface area contributed by atoms with Gasteiger partial charge in [0.05, 0.1) is 11.0 Å². The molecule has 2 amide bonds. The Bertz CT molecular complexity index is 1060. The molecule has 0 unspecified atom stereocenters. The molecule has 9 nitrogen and oxygen atoms in total. The first kappa shape index (κ1) is 20.9. The van der Waals surface area contributed by atoms with Crippen LogP contribution in [0, 0.1) is 5.92 Å². The molecule has 1 aliphatic heterocycles. The van der Waals surface area contributed by atoms with E-state index in [4.69, 9.17) is 4.52 Å². The number of rotatable bonds is 7. The largest absolute Gasteiger partial charge is 0.343 e. The van der Waals surface area contributed by atoms with Crippen molar-refractivity contribution in [3.8, 4) is 0 Å². The maximum Gasteiger partial charge on any atom is 0.227 e. The van der Waals surface area contributed by atoms with Gasteiger partial charge in [0, 0.05) is 56.9 Å². The van der Waals surface area contributed by atoms with Gasteiger partial charge >= 0.3 is 0 Å². The molecular formula is C22H26N6O3. The highest BCUT2D eigenvalue weighted by atomic mass is 16.5. The molecule has 9 heteroatoms. The Labute approximate surface area is 180 Å². The van der Waals surface area contributed by atoms with E-state index in [9.17, 15) is 9.59 Å². The quantitative estimate of drug-likeness (QED) is 0.623. The summed E-state index contributed by atoms with van der Waals surface area (Å²) in [7, 11) is 0. The summed E-state index contributed by atoms with van der Waals surface area (Å²) < 4.78 is 5.14. The molecule has 1 saturated heterocycles. The smallest absolute Gasteiger partial charge is 0.227 e. The van der Waals surface area contributed by atoms with Crippen LogP contribution in [0.15, 0.2) is 35.1 Å². The summed E-state index contributed by atoms with van der Waals surface area (Å²) in [6.07, 6.45) is 6.91. The van der Waals surface area contributed by atoms with Crippen LogP contribution < -0.4 is 5.32 Å². The molecule has 0 spiro atoms. The van der Waals surface area contributed by atoms with Gasteiger partial charge in [0.1, 0.15) is 0 Å². The molecule has 31 heavy (non-hydrogen) atoms. The van der Waals surface area contributed by atoms with Crippen LogP contribution in [0.5, 0.6) is 0 Å². The van der Waals surface area contributed by atoms with Gasteiger partial charge in [-0.25, -0.2) is 0 Å². The highest BCUT2D eigenvalue weighted by molar-refractivity contribution is 5.93. The van der Waals surface area contributed by atoms with Crippen LogP contribution in [0.3, 0.4) is 0 Å². The number of piperidine rings is 1. The van der Waals surface area contributed by atoms with E-state index in [-0.39, 0.29) is 17.7 Å². The van der Waals surface area contributed by atoms with Gasteiger partial charge < -0.3 is 14.7 Å². The predicted molar refractivity (Wildman–Crippen MR) is 114 cm³/mol. The van der Waals surface area contributed by atoms with Crippen LogP contribution in [0.25, 0.3) is 11.0 Å². The first-order chi connectivity index (χ1) is 15.1. The zero-order chi connectivity index (χ0) is 21.6. The van der Waals surface area contributed by atoms with Crippen LogP contribution in [0.4, 0.5) is 5.69 Å². The Morgan fingerprint density at radius 1 is 1.16 bits per heavy atom. The van der Waals surface area contributed by atoms with Crippen LogP contribution >= 0.6 is 0 Å². The lowest BCUT2D eigenvalue weighted by atomic mass is 9.93. The summed E-state index contributed by atoms with van der Waals surface area (Å²) in [4.78, 5) is 39.5. The zero-order valence-corrected chi connectivity index (χ0v) is 17.6. The minimum absolute atomic E-state index is 0.0175. The molecule has 0 atom stereocenters. The number of hydrogen-bond donors (Lipinski definition) is 1. The fourth-order valence-corrected chi connectivity index (χ4v) is 3.81. The molecule has 4 rings (SSSR count). The van der Waals surface area contributed by atoms with Crippen molar-refractivity contribution in [2.45, 2.75) is 45.4 Å². The number of benzene rings is 1. The lowest BCUT2D eigenvalue weighted by Crippen LogP contribution is -2.39. The van der Waals surface area contributed by atoms with Gasteiger partial charge in [0.25, 0.3) is 0 Å². The average molecular weight is 422 g/mol. The topological polar surface area (TPSA) is 114 Å². The number of aromatic nitrogens is 4. The second kappa shape index (κ2) is 9.63. The van der Waals surface area contributed by atoms with Gasteiger partial charge in [-0.2, -0.15) is 4.98 Å². The molecule has 0 radical (unpaired) electrons. The van der Waals surface area contributed by atoms with E-state index in [0.717, 1.165) is 29.6 Å². The number of amides is 2. The molecule has 0 aliphatic carbocycles. The molecule has 0 bridgehead atoms. The van der Waals surface area contributed by atoms with Crippen molar-refractivity contribution in [2.24, 2.45) is 5.92 Å². The number of anilines is 1. The predicted octanol–water partition coefficient (Wildman–Crippen LogP) is 2.78. The number of hydrogen-bond acceptors (Lipinski definition) is 7. The lowest BCUT2D eigenvalue weighted by molar-refractivity contribution is -0.132. The molecular weight excluding hydrogens is 396 g/mol. The normalized spacial score (nSPS) is 14.7. The Morgan fingerprint density at radius 2 is 1.94 bits per heavy atom. The number of nitrogens with zero attached hydrogens (tertiary/aromatic N) is 5. The Kier molecular flexibility index (Phi) is 6.49. The second-order valence-corrected chi connectivity index (χ2v) is 7.79. The molecule has 1 aromatic carbocycles. The highest BCUT2D eigenvalue weighted by Crippen LogP contribution is 2.23. The molecule has 3 heterocycles. The number of carbonyl (C=O) groups is 2. The SMILES string of the molecule is CCc1noc(CCC(=O)N2CCC(CC(=O)Nc3ccc4nccnc4c3)CC2)n1. The van der Waals surface area contributed by atoms with Crippen LogP contribution in [-0.4, -0.2) is 49.9 Å². The monoisotopic (exact) mass is 422 g/mol. The minimum Gasteiger partial charge on any atom is -0.343 e. The highest BCUT2D eigenvalue weighted by Gasteiger charge is 2.24. The van der Waals surface area contributed by atoms with Crippen molar-refractivity contribution in [3.05, 3.63) is 42.3 Å². The molecule has 0 saturated carbocycles. The number of carbonyl (C=O) groups excluding carboxylic acids is 2. The summed E-state index contributed by atoms with van der Waals surface area (Å²) in [5, 5.41) is 6.80. The van der Waals surface area contributed by atoms with Crippen molar-refractivity contribution in [2.75, 3.05) is 18.4 Å². The number of likely N-dealkylation sites (tertiary alicyclic amines) is 1. The molecule has 1 fully saturated rings. The van der Waals surface area contributed by atoms with Crippen molar-refractivity contribution >= 4 is 28.5 Å². The lowest BCUT2D eigenvalue weighted by Gasteiger charge is -2.31. The third-order valence-corrected chi connectivity index (χ3v) is 5.57. The maximum absolute atomic E-state index is 12.5. The standard InChI is InChI=1S/C22H26N6O3/c1-2-19-26-21(31-27-19)5-6-22(30)28-11-7-15(8-12-28)13-20(29)25-16-3-4-17-18(14-16)24-10-9-23-17/h3-4,9-10,14-15H,2,5-8,11-13H2,1H3,(H,25,29). The number of fused-ring (bicyclic) bond motifs is 1. The van der Waals surface area contributed by atoms with Gasteiger partial charge in [-0.1, -0.05) is 12.1 Å². The van der Waals surface area contributed by atoms with Gasteiger partial charge in [0.2, 0.25) is 17.7 Å². The number of aryl methyl sites for hydroxylation is 2. The fourth-order valence-electron chi connectivity index (χ4n) is 3.81.